The van der Waals surface area contributed by atoms with Crippen LogP contribution in [0.4, 0.5) is 0 Å². The summed E-state index contributed by atoms with van der Waals surface area (Å²) in [7, 11) is 0. The SMILES string of the molecule is Cc1c(C)c2c(C)cccn2c1C. The fourth-order valence-corrected chi connectivity index (χ4v) is 2.00. The van der Waals surface area contributed by atoms with Gasteiger partial charge in [0.25, 0.3) is 0 Å². The summed E-state index contributed by atoms with van der Waals surface area (Å²) in [6.07, 6.45) is 2.14. The van der Waals surface area contributed by atoms with Gasteiger partial charge >= 0.3 is 0 Å². The normalized spacial score (nSPS) is 11.1. The van der Waals surface area contributed by atoms with E-state index >= 15 is 0 Å². The Morgan fingerprint density at radius 1 is 1.00 bits per heavy atom. The van der Waals surface area contributed by atoms with Crippen LogP contribution in [0.2, 0.25) is 0 Å². The second-order valence-electron chi connectivity index (χ2n) is 3.75. The van der Waals surface area contributed by atoms with Crippen LogP contribution in [0, 0.1) is 27.7 Å². The molecule has 2 heterocycles. The maximum Gasteiger partial charge on any atom is 0.0513 e. The van der Waals surface area contributed by atoms with Crippen molar-refractivity contribution in [2.75, 3.05) is 0 Å². The monoisotopic (exact) mass is 173 g/mol. The summed E-state index contributed by atoms with van der Waals surface area (Å²) in [5.74, 6) is 0. The van der Waals surface area contributed by atoms with Crippen LogP contribution < -0.4 is 0 Å². The molecule has 0 spiro atoms. The van der Waals surface area contributed by atoms with Crippen LogP contribution >= 0.6 is 0 Å². The predicted molar refractivity (Wildman–Crippen MR) is 56.3 cm³/mol. The number of rotatable bonds is 0. The van der Waals surface area contributed by atoms with Crippen LogP contribution in [0.5, 0.6) is 0 Å². The van der Waals surface area contributed by atoms with Gasteiger partial charge in [-0.1, -0.05) is 6.07 Å². The molecular weight excluding hydrogens is 158 g/mol. The van der Waals surface area contributed by atoms with E-state index in [1.165, 1.54) is 27.9 Å². The largest absolute Gasteiger partial charge is 0.320 e. The molecule has 0 aliphatic heterocycles. The van der Waals surface area contributed by atoms with E-state index in [1.807, 2.05) is 0 Å². The minimum absolute atomic E-state index is 1.36. The van der Waals surface area contributed by atoms with Crippen LogP contribution in [0.15, 0.2) is 18.3 Å². The summed E-state index contributed by atoms with van der Waals surface area (Å²) < 4.78 is 2.28. The van der Waals surface area contributed by atoms with Crippen molar-refractivity contribution in [3.8, 4) is 0 Å². The van der Waals surface area contributed by atoms with E-state index in [0.29, 0.717) is 0 Å². The first-order chi connectivity index (χ1) is 6.13. The van der Waals surface area contributed by atoms with Crippen molar-refractivity contribution >= 4 is 5.52 Å². The molecule has 1 nitrogen and oxygen atoms in total. The molecule has 0 aliphatic carbocycles. The van der Waals surface area contributed by atoms with Gasteiger partial charge < -0.3 is 4.40 Å². The molecule has 0 atom stereocenters. The van der Waals surface area contributed by atoms with Crippen molar-refractivity contribution in [1.82, 2.24) is 4.40 Å². The highest BCUT2D eigenvalue weighted by Gasteiger charge is 2.08. The molecule has 0 bridgehead atoms. The zero-order valence-corrected chi connectivity index (χ0v) is 8.68. The third-order valence-corrected chi connectivity index (χ3v) is 3.02. The fourth-order valence-electron chi connectivity index (χ4n) is 2.00. The third-order valence-electron chi connectivity index (χ3n) is 3.02. The van der Waals surface area contributed by atoms with Crippen LogP contribution in [-0.4, -0.2) is 4.40 Å². The van der Waals surface area contributed by atoms with Crippen molar-refractivity contribution < 1.29 is 0 Å². The van der Waals surface area contributed by atoms with Gasteiger partial charge in [0.1, 0.15) is 0 Å². The smallest absolute Gasteiger partial charge is 0.0513 e. The summed E-state index contributed by atoms with van der Waals surface area (Å²) in [6, 6.07) is 4.27. The van der Waals surface area contributed by atoms with E-state index < -0.39 is 0 Å². The molecular formula is C12H15N. The number of aryl methyl sites for hydroxylation is 3. The maximum atomic E-state index is 2.28. The lowest BCUT2D eigenvalue weighted by atomic mass is 10.1. The average Bonchev–Trinajstić information content (AvgIpc) is 2.33. The Bertz CT molecular complexity index is 463. The molecule has 0 N–H and O–H groups in total. The van der Waals surface area contributed by atoms with Crippen molar-refractivity contribution in [2.24, 2.45) is 0 Å². The zero-order chi connectivity index (χ0) is 9.59. The first-order valence-corrected chi connectivity index (χ1v) is 4.66. The predicted octanol–water partition coefficient (Wildman–Crippen LogP) is 3.17. The summed E-state index contributed by atoms with van der Waals surface area (Å²) >= 11 is 0. The molecule has 0 aliphatic rings. The highest BCUT2D eigenvalue weighted by Crippen LogP contribution is 2.23. The lowest BCUT2D eigenvalue weighted by Gasteiger charge is -2.00. The van der Waals surface area contributed by atoms with Gasteiger partial charge in [-0.05, 0) is 50.5 Å². The van der Waals surface area contributed by atoms with E-state index in [9.17, 15) is 0 Å². The Kier molecular flexibility index (Phi) is 1.69. The number of nitrogens with zero attached hydrogens (tertiary/aromatic N) is 1. The van der Waals surface area contributed by atoms with Gasteiger partial charge in [0.05, 0.1) is 5.52 Å². The summed E-state index contributed by atoms with van der Waals surface area (Å²) in [6.45, 7) is 8.73. The molecule has 0 fully saturated rings. The maximum absolute atomic E-state index is 2.28. The van der Waals surface area contributed by atoms with E-state index in [0.717, 1.165) is 0 Å². The van der Waals surface area contributed by atoms with Gasteiger partial charge in [0.2, 0.25) is 0 Å². The Balaban J connectivity index is 3.03. The molecule has 2 rings (SSSR count). The molecule has 1 heteroatoms. The van der Waals surface area contributed by atoms with Crippen molar-refractivity contribution in [2.45, 2.75) is 27.7 Å². The van der Waals surface area contributed by atoms with E-state index in [-0.39, 0.29) is 0 Å². The van der Waals surface area contributed by atoms with Gasteiger partial charge in [-0.2, -0.15) is 0 Å². The molecule has 2 aromatic heterocycles. The number of hydrogen-bond acceptors (Lipinski definition) is 0. The number of fused-ring (bicyclic) bond motifs is 1. The van der Waals surface area contributed by atoms with Crippen molar-refractivity contribution in [3.05, 3.63) is 40.7 Å². The molecule has 68 valence electrons. The molecule has 0 aromatic carbocycles. The third kappa shape index (κ3) is 0.998. The summed E-state index contributed by atoms with van der Waals surface area (Å²) in [5.41, 5.74) is 6.91. The van der Waals surface area contributed by atoms with E-state index in [2.05, 4.69) is 50.4 Å². The molecule has 0 saturated heterocycles. The van der Waals surface area contributed by atoms with E-state index in [4.69, 9.17) is 0 Å². The minimum Gasteiger partial charge on any atom is -0.320 e. The second kappa shape index (κ2) is 2.63. The lowest BCUT2D eigenvalue weighted by Crippen LogP contribution is -1.88. The van der Waals surface area contributed by atoms with Gasteiger partial charge in [-0.25, -0.2) is 0 Å². The van der Waals surface area contributed by atoms with Gasteiger partial charge in [0, 0.05) is 11.9 Å². The van der Waals surface area contributed by atoms with Crippen LogP contribution in [-0.2, 0) is 0 Å². The molecule has 0 radical (unpaired) electrons. The molecule has 0 amide bonds. The number of aromatic nitrogens is 1. The van der Waals surface area contributed by atoms with Crippen LogP contribution in [0.25, 0.3) is 5.52 Å². The number of hydrogen-bond donors (Lipinski definition) is 0. The van der Waals surface area contributed by atoms with Crippen molar-refractivity contribution in [3.63, 3.8) is 0 Å². The highest BCUT2D eigenvalue weighted by atomic mass is 14.9. The molecule has 0 saturated carbocycles. The van der Waals surface area contributed by atoms with Crippen LogP contribution in [0.3, 0.4) is 0 Å². The van der Waals surface area contributed by atoms with Crippen LogP contribution in [0.1, 0.15) is 22.4 Å². The quantitative estimate of drug-likeness (QED) is 0.576. The van der Waals surface area contributed by atoms with Gasteiger partial charge in [0.15, 0.2) is 0 Å². The Labute approximate surface area is 79.0 Å². The lowest BCUT2D eigenvalue weighted by molar-refractivity contribution is 1.09. The first-order valence-electron chi connectivity index (χ1n) is 4.66. The Hall–Kier alpha value is -1.24. The standard InChI is InChI=1S/C12H15N/c1-8-6-5-7-13-11(4)9(2)10(3)12(8)13/h5-7H,1-4H3. The first kappa shape index (κ1) is 8.36. The van der Waals surface area contributed by atoms with Crippen molar-refractivity contribution in [1.29, 1.82) is 0 Å². The molecule has 2 aromatic rings. The van der Waals surface area contributed by atoms with Gasteiger partial charge in [-0.3, -0.25) is 0 Å². The number of pyridine rings is 1. The zero-order valence-electron chi connectivity index (χ0n) is 8.68. The fraction of sp³-hybridized carbons (Fsp3) is 0.333. The molecule has 13 heavy (non-hydrogen) atoms. The Morgan fingerprint density at radius 3 is 2.31 bits per heavy atom. The Morgan fingerprint density at radius 2 is 1.69 bits per heavy atom. The topological polar surface area (TPSA) is 4.41 Å². The second-order valence-corrected chi connectivity index (χ2v) is 3.75. The summed E-state index contributed by atoms with van der Waals surface area (Å²) in [5, 5.41) is 0. The average molecular weight is 173 g/mol. The van der Waals surface area contributed by atoms with Gasteiger partial charge in [-0.15, -0.1) is 0 Å². The summed E-state index contributed by atoms with van der Waals surface area (Å²) in [4.78, 5) is 0. The molecule has 0 unspecified atom stereocenters. The highest BCUT2D eigenvalue weighted by molar-refractivity contribution is 5.65. The van der Waals surface area contributed by atoms with E-state index in [1.54, 1.807) is 0 Å². The minimum atomic E-state index is 1.36.